The molecule has 0 saturated carbocycles. The van der Waals surface area contributed by atoms with Crippen LogP contribution in [-0.2, 0) is 0 Å². The van der Waals surface area contributed by atoms with Crippen molar-refractivity contribution in [1.29, 1.82) is 0 Å². The highest BCUT2D eigenvalue weighted by atomic mass is 35.5. The molecule has 0 spiro atoms. The standard InChI is InChI=1S/C14H10ClFOS/c1-9-5-8-14(18-9)13(17)7-6-10-11(15)3-2-4-12(10)16/h2-8H,1H3/b7-6+. The molecule has 0 unspecified atom stereocenters. The molecular weight excluding hydrogens is 271 g/mol. The van der Waals surface area contributed by atoms with Gasteiger partial charge in [-0.1, -0.05) is 17.7 Å². The molecule has 2 rings (SSSR count). The molecule has 0 aliphatic heterocycles. The number of allylic oxidation sites excluding steroid dienone is 1. The molecule has 92 valence electrons. The van der Waals surface area contributed by atoms with E-state index < -0.39 is 5.82 Å². The van der Waals surface area contributed by atoms with Crippen molar-refractivity contribution in [3.8, 4) is 0 Å². The third-order valence-corrected chi connectivity index (χ3v) is 3.73. The number of benzene rings is 1. The Balaban J connectivity index is 2.24. The predicted molar refractivity (Wildman–Crippen MR) is 73.8 cm³/mol. The Morgan fingerprint density at radius 1 is 1.33 bits per heavy atom. The molecule has 2 aromatic rings. The summed E-state index contributed by atoms with van der Waals surface area (Å²) in [4.78, 5) is 13.5. The van der Waals surface area contributed by atoms with Crippen LogP contribution in [0.2, 0.25) is 5.02 Å². The van der Waals surface area contributed by atoms with Crippen LogP contribution in [0, 0.1) is 12.7 Å². The number of aryl methyl sites for hydroxylation is 1. The summed E-state index contributed by atoms with van der Waals surface area (Å²) >= 11 is 7.28. The fourth-order valence-electron chi connectivity index (χ4n) is 1.48. The predicted octanol–water partition coefficient (Wildman–Crippen LogP) is 4.75. The number of halogens is 2. The van der Waals surface area contributed by atoms with Gasteiger partial charge in [0.05, 0.1) is 9.90 Å². The van der Waals surface area contributed by atoms with Gasteiger partial charge in [0.15, 0.2) is 5.78 Å². The highest BCUT2D eigenvalue weighted by Gasteiger charge is 2.06. The second-order valence-electron chi connectivity index (χ2n) is 3.74. The van der Waals surface area contributed by atoms with Gasteiger partial charge in [-0.2, -0.15) is 0 Å². The molecular formula is C14H10ClFOS. The van der Waals surface area contributed by atoms with E-state index in [2.05, 4.69) is 0 Å². The van der Waals surface area contributed by atoms with Gasteiger partial charge in [0, 0.05) is 10.4 Å². The normalized spacial score (nSPS) is 11.1. The molecule has 0 fully saturated rings. The van der Waals surface area contributed by atoms with Crippen molar-refractivity contribution < 1.29 is 9.18 Å². The SMILES string of the molecule is Cc1ccc(C(=O)/C=C/c2c(F)cccc2Cl)s1. The lowest BCUT2D eigenvalue weighted by atomic mass is 10.1. The Labute approximate surface area is 114 Å². The number of rotatable bonds is 3. The van der Waals surface area contributed by atoms with Crippen LogP contribution < -0.4 is 0 Å². The summed E-state index contributed by atoms with van der Waals surface area (Å²) in [5, 5.41) is 0.293. The van der Waals surface area contributed by atoms with E-state index in [0.29, 0.717) is 9.90 Å². The molecule has 1 aromatic carbocycles. The highest BCUT2D eigenvalue weighted by molar-refractivity contribution is 7.14. The average molecular weight is 281 g/mol. The molecule has 0 bridgehead atoms. The maximum atomic E-state index is 13.5. The van der Waals surface area contributed by atoms with Gasteiger partial charge >= 0.3 is 0 Å². The topological polar surface area (TPSA) is 17.1 Å². The maximum absolute atomic E-state index is 13.5. The number of hydrogen-bond acceptors (Lipinski definition) is 2. The van der Waals surface area contributed by atoms with Gasteiger partial charge in [0.25, 0.3) is 0 Å². The molecule has 0 aliphatic carbocycles. The first kappa shape index (κ1) is 13.0. The van der Waals surface area contributed by atoms with Crippen molar-refractivity contribution in [2.24, 2.45) is 0 Å². The molecule has 1 aromatic heterocycles. The van der Waals surface area contributed by atoms with E-state index in [1.807, 2.05) is 13.0 Å². The van der Waals surface area contributed by atoms with Crippen LogP contribution in [0.3, 0.4) is 0 Å². The third-order valence-electron chi connectivity index (χ3n) is 2.38. The Kier molecular flexibility index (Phi) is 3.94. The van der Waals surface area contributed by atoms with Crippen LogP contribution in [0.15, 0.2) is 36.4 Å². The Hall–Kier alpha value is -1.45. The van der Waals surface area contributed by atoms with Crippen molar-refractivity contribution in [2.45, 2.75) is 6.92 Å². The zero-order valence-electron chi connectivity index (χ0n) is 9.61. The summed E-state index contributed by atoms with van der Waals surface area (Å²) < 4.78 is 13.5. The van der Waals surface area contributed by atoms with Crippen molar-refractivity contribution >= 4 is 34.8 Å². The molecule has 0 aliphatic rings. The van der Waals surface area contributed by atoms with Crippen LogP contribution in [0.4, 0.5) is 4.39 Å². The monoisotopic (exact) mass is 280 g/mol. The lowest BCUT2D eigenvalue weighted by molar-refractivity contribution is 0.105. The van der Waals surface area contributed by atoms with Crippen LogP contribution >= 0.6 is 22.9 Å². The lowest BCUT2D eigenvalue weighted by Gasteiger charge is -1.98. The van der Waals surface area contributed by atoms with Gasteiger partial charge in [-0.05, 0) is 43.3 Å². The Morgan fingerprint density at radius 2 is 2.11 bits per heavy atom. The van der Waals surface area contributed by atoms with E-state index in [9.17, 15) is 9.18 Å². The summed E-state index contributed by atoms with van der Waals surface area (Å²) in [5.74, 6) is -0.582. The van der Waals surface area contributed by atoms with E-state index in [0.717, 1.165) is 4.88 Å². The van der Waals surface area contributed by atoms with Crippen molar-refractivity contribution in [3.63, 3.8) is 0 Å². The second-order valence-corrected chi connectivity index (χ2v) is 5.44. The first-order chi connectivity index (χ1) is 8.58. The van der Waals surface area contributed by atoms with Gasteiger partial charge in [-0.3, -0.25) is 4.79 Å². The van der Waals surface area contributed by atoms with E-state index in [1.165, 1.54) is 35.6 Å². The van der Waals surface area contributed by atoms with Crippen molar-refractivity contribution in [2.75, 3.05) is 0 Å². The summed E-state index contributed by atoms with van der Waals surface area (Å²) in [6, 6.07) is 8.06. The number of ketones is 1. The Morgan fingerprint density at radius 3 is 2.72 bits per heavy atom. The first-order valence-electron chi connectivity index (χ1n) is 5.31. The van der Waals surface area contributed by atoms with Gasteiger partial charge < -0.3 is 0 Å². The highest BCUT2D eigenvalue weighted by Crippen LogP contribution is 2.21. The molecule has 18 heavy (non-hydrogen) atoms. The summed E-state index contributed by atoms with van der Waals surface area (Å²) in [6.45, 7) is 1.93. The largest absolute Gasteiger partial charge is 0.288 e. The number of hydrogen-bond donors (Lipinski definition) is 0. The van der Waals surface area contributed by atoms with E-state index >= 15 is 0 Å². The summed E-state index contributed by atoms with van der Waals surface area (Å²) in [5.41, 5.74) is 0.237. The first-order valence-corrected chi connectivity index (χ1v) is 6.50. The van der Waals surface area contributed by atoms with Crippen LogP contribution in [0.5, 0.6) is 0 Å². The van der Waals surface area contributed by atoms with Crippen LogP contribution in [0.1, 0.15) is 20.1 Å². The van der Waals surface area contributed by atoms with Gasteiger partial charge in [0.1, 0.15) is 5.82 Å². The fraction of sp³-hybridized carbons (Fsp3) is 0.0714. The zero-order chi connectivity index (χ0) is 13.1. The minimum atomic E-state index is -0.436. The molecule has 0 saturated heterocycles. The fourth-order valence-corrected chi connectivity index (χ4v) is 2.49. The molecule has 0 N–H and O–H groups in total. The molecule has 0 amide bonds. The number of carbonyl (C=O) groups is 1. The Bertz CT molecular complexity index is 596. The molecule has 0 radical (unpaired) electrons. The number of thiophene rings is 1. The van der Waals surface area contributed by atoms with Gasteiger partial charge in [-0.25, -0.2) is 4.39 Å². The van der Waals surface area contributed by atoms with E-state index in [1.54, 1.807) is 12.1 Å². The summed E-state index contributed by atoms with van der Waals surface area (Å²) in [7, 11) is 0. The van der Waals surface area contributed by atoms with Crippen LogP contribution in [0.25, 0.3) is 6.08 Å². The minimum absolute atomic E-state index is 0.146. The maximum Gasteiger partial charge on any atom is 0.195 e. The van der Waals surface area contributed by atoms with Crippen LogP contribution in [-0.4, -0.2) is 5.78 Å². The lowest BCUT2D eigenvalue weighted by Crippen LogP contribution is -1.90. The smallest absolute Gasteiger partial charge is 0.195 e. The summed E-state index contributed by atoms with van der Waals surface area (Å²) in [6.07, 6.45) is 2.75. The van der Waals surface area contributed by atoms with Gasteiger partial charge in [0.2, 0.25) is 0 Å². The molecule has 1 nitrogen and oxygen atoms in total. The quantitative estimate of drug-likeness (QED) is 0.586. The molecule has 1 heterocycles. The zero-order valence-corrected chi connectivity index (χ0v) is 11.2. The minimum Gasteiger partial charge on any atom is -0.288 e. The van der Waals surface area contributed by atoms with Gasteiger partial charge in [-0.15, -0.1) is 11.3 Å². The second kappa shape index (κ2) is 5.46. The molecule has 4 heteroatoms. The molecule has 0 atom stereocenters. The van der Waals surface area contributed by atoms with E-state index in [4.69, 9.17) is 11.6 Å². The van der Waals surface area contributed by atoms with E-state index in [-0.39, 0.29) is 11.3 Å². The third kappa shape index (κ3) is 2.86. The number of carbonyl (C=O) groups excluding carboxylic acids is 1. The van der Waals surface area contributed by atoms with Crippen molar-refractivity contribution in [1.82, 2.24) is 0 Å². The van der Waals surface area contributed by atoms with Crippen molar-refractivity contribution in [3.05, 3.63) is 62.6 Å². The average Bonchev–Trinajstić information content (AvgIpc) is 2.75.